The van der Waals surface area contributed by atoms with Crippen LogP contribution in [0.4, 0.5) is 0 Å². The summed E-state index contributed by atoms with van der Waals surface area (Å²) in [5.41, 5.74) is 0. The summed E-state index contributed by atoms with van der Waals surface area (Å²) in [7, 11) is 1.29. The standard InChI is InChI=1S/C76H153N2O6P/c1-6-8-10-12-14-16-18-20-22-24-26-28-30-32-34-36-38-40-42-44-46-48-50-52-54-56-58-60-62-64-66-68-70-76(80)77-74(73-84-85(81,82)83-72-71-78(3,4)5)75(79)69-67-65-63-61-59-57-55-53-51-49-47-45-43-41-39-37-35-33-31-29-27-25-23-21-19-17-15-13-11-9-7-2/h67,69,74-75,79H,6-66,68,70-73H2,1-5H3,(H-,77,80,81,82)/b69-67+. The predicted octanol–water partition coefficient (Wildman–Crippen LogP) is 24.2. The van der Waals surface area contributed by atoms with Gasteiger partial charge in [0.2, 0.25) is 5.91 Å². The zero-order valence-corrected chi connectivity index (χ0v) is 59.3. The fraction of sp³-hybridized carbons (Fsp3) is 0.961. The molecule has 0 saturated carbocycles. The van der Waals surface area contributed by atoms with Crippen LogP contribution in [-0.2, 0) is 18.4 Å². The van der Waals surface area contributed by atoms with Crippen LogP contribution < -0.4 is 10.2 Å². The maximum absolute atomic E-state index is 13.1. The molecule has 508 valence electrons. The summed E-state index contributed by atoms with van der Waals surface area (Å²) < 4.78 is 23.5. The molecule has 3 unspecified atom stereocenters. The zero-order valence-electron chi connectivity index (χ0n) is 58.4. The first-order valence-electron chi connectivity index (χ1n) is 38.6. The van der Waals surface area contributed by atoms with Gasteiger partial charge in [0.15, 0.2) is 0 Å². The topological polar surface area (TPSA) is 108 Å². The van der Waals surface area contributed by atoms with Crippen molar-refractivity contribution in [2.75, 3.05) is 40.9 Å². The lowest BCUT2D eigenvalue weighted by molar-refractivity contribution is -0.870. The van der Waals surface area contributed by atoms with E-state index < -0.39 is 20.0 Å². The molecule has 0 aromatic rings. The molecule has 0 radical (unpaired) electrons. The number of allylic oxidation sites excluding steroid dienone is 1. The van der Waals surface area contributed by atoms with Crippen LogP contribution in [0.15, 0.2) is 12.2 Å². The van der Waals surface area contributed by atoms with E-state index in [-0.39, 0.29) is 19.1 Å². The van der Waals surface area contributed by atoms with Crippen LogP contribution in [0.5, 0.6) is 0 Å². The maximum atomic E-state index is 13.1. The van der Waals surface area contributed by atoms with Gasteiger partial charge in [-0.2, -0.15) is 0 Å². The first-order valence-corrected chi connectivity index (χ1v) is 40.0. The molecule has 8 nitrogen and oxygen atoms in total. The smallest absolute Gasteiger partial charge is 0.268 e. The summed E-state index contributed by atoms with van der Waals surface area (Å²) in [5.74, 6) is -0.186. The number of aliphatic hydroxyl groups excluding tert-OH is 1. The Kier molecular flexibility index (Phi) is 67.0. The number of amides is 1. The van der Waals surface area contributed by atoms with Crippen molar-refractivity contribution in [3.05, 3.63) is 12.2 Å². The van der Waals surface area contributed by atoms with Gasteiger partial charge in [-0.3, -0.25) is 9.36 Å². The Bertz CT molecular complexity index is 1390. The lowest BCUT2D eigenvalue weighted by Crippen LogP contribution is -2.45. The van der Waals surface area contributed by atoms with Crippen molar-refractivity contribution in [3.8, 4) is 0 Å². The van der Waals surface area contributed by atoms with Crippen molar-refractivity contribution in [1.82, 2.24) is 5.32 Å². The van der Waals surface area contributed by atoms with Crippen molar-refractivity contribution >= 4 is 13.7 Å². The van der Waals surface area contributed by atoms with Crippen molar-refractivity contribution in [2.45, 2.75) is 431 Å². The monoisotopic (exact) mass is 1220 g/mol. The summed E-state index contributed by atoms with van der Waals surface area (Å²) in [5, 5.41) is 14.0. The van der Waals surface area contributed by atoms with E-state index in [2.05, 4.69) is 19.2 Å². The number of phosphoric acid groups is 1. The molecule has 0 spiro atoms. The predicted molar refractivity (Wildman–Crippen MR) is 372 cm³/mol. The number of nitrogens with zero attached hydrogens (tertiary/aromatic N) is 1. The van der Waals surface area contributed by atoms with Crippen molar-refractivity contribution in [3.63, 3.8) is 0 Å². The first kappa shape index (κ1) is 84.2. The van der Waals surface area contributed by atoms with E-state index in [4.69, 9.17) is 9.05 Å². The lowest BCUT2D eigenvalue weighted by Gasteiger charge is -2.29. The number of rotatable bonds is 73. The summed E-state index contributed by atoms with van der Waals surface area (Å²) in [6.07, 6.45) is 88.0. The van der Waals surface area contributed by atoms with E-state index in [0.29, 0.717) is 17.4 Å². The number of carbonyl (C=O) groups excluding carboxylic acids is 1. The van der Waals surface area contributed by atoms with Crippen LogP contribution in [0, 0.1) is 0 Å². The van der Waals surface area contributed by atoms with E-state index in [0.717, 1.165) is 38.5 Å². The van der Waals surface area contributed by atoms with Gasteiger partial charge in [0.25, 0.3) is 7.82 Å². The minimum atomic E-state index is -4.60. The van der Waals surface area contributed by atoms with Gasteiger partial charge in [-0.15, -0.1) is 0 Å². The maximum Gasteiger partial charge on any atom is 0.268 e. The molecule has 0 aromatic carbocycles. The minimum Gasteiger partial charge on any atom is -0.756 e. The summed E-state index contributed by atoms with van der Waals surface area (Å²) >= 11 is 0. The average Bonchev–Trinajstić information content (AvgIpc) is 3.52. The molecule has 1 amide bonds. The van der Waals surface area contributed by atoms with Crippen molar-refractivity contribution in [2.24, 2.45) is 0 Å². The molecule has 0 aliphatic rings. The quantitative estimate of drug-likeness (QED) is 0.0272. The molecule has 0 fully saturated rings. The van der Waals surface area contributed by atoms with Crippen LogP contribution in [0.1, 0.15) is 418 Å². The second kappa shape index (κ2) is 67.6. The van der Waals surface area contributed by atoms with E-state index in [1.165, 1.54) is 360 Å². The van der Waals surface area contributed by atoms with Gasteiger partial charge < -0.3 is 28.8 Å². The molecule has 0 saturated heterocycles. The number of carbonyl (C=O) groups is 1. The molecular formula is C76H153N2O6P. The van der Waals surface area contributed by atoms with E-state index in [1.54, 1.807) is 6.08 Å². The number of unbranched alkanes of at least 4 members (excludes halogenated alkanes) is 60. The van der Waals surface area contributed by atoms with E-state index in [1.807, 2.05) is 27.2 Å². The number of hydrogen-bond acceptors (Lipinski definition) is 6. The molecule has 9 heteroatoms. The molecule has 0 aliphatic carbocycles. The number of phosphoric ester groups is 1. The number of likely N-dealkylation sites (N-methyl/N-ethyl adjacent to an activating group) is 1. The lowest BCUT2D eigenvalue weighted by atomic mass is 10.0. The third kappa shape index (κ3) is 70.6. The van der Waals surface area contributed by atoms with Gasteiger partial charge in [-0.05, 0) is 19.3 Å². The molecule has 0 heterocycles. The Morgan fingerprint density at radius 3 is 0.882 bits per heavy atom. The SMILES string of the molecule is CCCCCCCCCCCCCCCCCCCCCCCCCCCCCCC/C=C/C(O)C(COP(=O)([O-])OCC[N+](C)(C)C)NC(=O)CCCCCCCCCCCCCCCCCCCCCCCCCCCCCCCCCC. The van der Waals surface area contributed by atoms with Crippen LogP contribution >= 0.6 is 7.82 Å². The Morgan fingerprint density at radius 2 is 0.635 bits per heavy atom. The molecule has 85 heavy (non-hydrogen) atoms. The number of nitrogens with one attached hydrogen (secondary N) is 1. The minimum absolute atomic E-state index is 0.00313. The van der Waals surface area contributed by atoms with Gasteiger partial charge in [-0.25, -0.2) is 0 Å². The van der Waals surface area contributed by atoms with Crippen molar-refractivity contribution in [1.29, 1.82) is 0 Å². The van der Waals surface area contributed by atoms with Gasteiger partial charge in [0.05, 0.1) is 39.9 Å². The molecule has 3 atom stereocenters. The highest BCUT2D eigenvalue weighted by molar-refractivity contribution is 7.45. The van der Waals surface area contributed by atoms with E-state index >= 15 is 0 Å². The number of quaternary nitrogens is 1. The number of aliphatic hydroxyl groups is 1. The Hall–Kier alpha value is -0.760. The third-order valence-electron chi connectivity index (χ3n) is 18.2. The summed E-state index contributed by atoms with van der Waals surface area (Å²) in [6, 6.07) is -0.884. The molecule has 0 aromatic heterocycles. The zero-order chi connectivity index (χ0) is 61.9. The molecule has 2 N–H and O–H groups in total. The molecule has 0 rings (SSSR count). The van der Waals surface area contributed by atoms with Crippen LogP contribution in [0.25, 0.3) is 0 Å². The first-order chi connectivity index (χ1) is 41.5. The second-order valence-electron chi connectivity index (χ2n) is 28.1. The molecular weight excluding hydrogens is 1070 g/mol. The molecule has 0 bridgehead atoms. The van der Waals surface area contributed by atoms with Gasteiger partial charge in [0, 0.05) is 6.42 Å². The highest BCUT2D eigenvalue weighted by atomic mass is 31.2. The van der Waals surface area contributed by atoms with Crippen molar-refractivity contribution < 1.29 is 32.9 Å². The third-order valence-corrected chi connectivity index (χ3v) is 19.2. The second-order valence-corrected chi connectivity index (χ2v) is 29.5. The number of hydrogen-bond donors (Lipinski definition) is 2. The average molecular weight is 1220 g/mol. The largest absolute Gasteiger partial charge is 0.756 e. The Labute approximate surface area is 532 Å². The fourth-order valence-electron chi connectivity index (χ4n) is 12.3. The summed E-state index contributed by atoms with van der Waals surface area (Å²) in [6.45, 7) is 4.73. The highest BCUT2D eigenvalue weighted by Crippen LogP contribution is 2.38. The van der Waals surface area contributed by atoms with Gasteiger partial charge >= 0.3 is 0 Å². The van der Waals surface area contributed by atoms with Crippen LogP contribution in [0.3, 0.4) is 0 Å². The van der Waals surface area contributed by atoms with Crippen LogP contribution in [0.2, 0.25) is 0 Å². The molecule has 0 aliphatic heterocycles. The Balaban J connectivity index is 3.96. The summed E-state index contributed by atoms with van der Waals surface area (Å²) in [4.78, 5) is 25.7. The normalized spacial score (nSPS) is 13.5. The van der Waals surface area contributed by atoms with Crippen LogP contribution in [-0.4, -0.2) is 68.5 Å². The Morgan fingerprint density at radius 1 is 0.400 bits per heavy atom. The fourth-order valence-corrected chi connectivity index (χ4v) is 13.0. The van der Waals surface area contributed by atoms with E-state index in [9.17, 15) is 19.4 Å². The van der Waals surface area contributed by atoms with Gasteiger partial charge in [0.1, 0.15) is 13.2 Å². The van der Waals surface area contributed by atoms with Gasteiger partial charge in [-0.1, -0.05) is 405 Å². The highest BCUT2D eigenvalue weighted by Gasteiger charge is 2.23.